The number of halogens is 2. The predicted octanol–water partition coefficient (Wildman–Crippen LogP) is 3.09. The number of esters is 1. The second-order valence-electron chi connectivity index (χ2n) is 3.26. The van der Waals surface area contributed by atoms with Gasteiger partial charge in [0.2, 0.25) is 0 Å². The smallest absolute Gasteiger partial charge is 0.354 e. The Hall–Kier alpha value is -1.11. The summed E-state index contributed by atoms with van der Waals surface area (Å²) >= 11 is 1.90. The molecule has 0 unspecified atom stereocenters. The Bertz CT molecular complexity index is 511. The van der Waals surface area contributed by atoms with Crippen LogP contribution < -0.4 is 0 Å². The summed E-state index contributed by atoms with van der Waals surface area (Å²) in [6.45, 7) is 2.06. The lowest BCUT2D eigenvalue weighted by atomic mass is 10.2. The van der Waals surface area contributed by atoms with E-state index in [-0.39, 0.29) is 5.82 Å². The van der Waals surface area contributed by atoms with Crippen molar-refractivity contribution in [2.45, 2.75) is 6.92 Å². The summed E-state index contributed by atoms with van der Waals surface area (Å²) in [6.07, 6.45) is 0. The minimum absolute atomic E-state index is 0.289. The summed E-state index contributed by atoms with van der Waals surface area (Å²) in [5, 5.41) is 0.668. The van der Waals surface area contributed by atoms with E-state index in [4.69, 9.17) is 4.74 Å². The highest BCUT2D eigenvalue weighted by atomic mass is 127. The summed E-state index contributed by atoms with van der Waals surface area (Å²) in [4.78, 5) is 14.3. The van der Waals surface area contributed by atoms with Crippen LogP contribution in [-0.2, 0) is 4.74 Å². The van der Waals surface area contributed by atoms with Gasteiger partial charge in [-0.15, -0.1) is 0 Å². The van der Waals surface area contributed by atoms with Crippen LogP contribution in [0.15, 0.2) is 18.2 Å². The molecule has 0 aliphatic rings. The highest BCUT2D eigenvalue weighted by Crippen LogP contribution is 2.21. The number of fused-ring (bicyclic) bond motifs is 1. The van der Waals surface area contributed by atoms with Gasteiger partial charge in [0.1, 0.15) is 11.5 Å². The van der Waals surface area contributed by atoms with Crippen molar-refractivity contribution in [1.29, 1.82) is 0 Å². The number of benzene rings is 1. The fraction of sp³-hybridized carbons (Fsp3) is 0.182. The van der Waals surface area contributed by atoms with Crippen LogP contribution in [0.25, 0.3) is 10.9 Å². The van der Waals surface area contributed by atoms with Crippen LogP contribution >= 0.6 is 22.6 Å². The average Bonchev–Trinajstić information content (AvgIpc) is 2.62. The first-order valence-corrected chi connectivity index (χ1v) is 5.84. The molecule has 1 heterocycles. The van der Waals surface area contributed by atoms with Gasteiger partial charge in [-0.1, -0.05) is 0 Å². The predicted molar refractivity (Wildman–Crippen MR) is 66.9 cm³/mol. The van der Waals surface area contributed by atoms with Crippen LogP contribution in [-0.4, -0.2) is 17.6 Å². The van der Waals surface area contributed by atoms with E-state index in [0.29, 0.717) is 21.3 Å². The summed E-state index contributed by atoms with van der Waals surface area (Å²) < 4.78 is 18.6. The van der Waals surface area contributed by atoms with Crippen LogP contribution in [0, 0.1) is 9.39 Å². The van der Waals surface area contributed by atoms with E-state index in [1.165, 1.54) is 6.07 Å². The Labute approximate surface area is 105 Å². The molecular formula is C11H9FINO2. The van der Waals surface area contributed by atoms with E-state index < -0.39 is 5.97 Å². The molecular weight excluding hydrogens is 324 g/mol. The molecule has 1 N–H and O–H groups in total. The second kappa shape index (κ2) is 4.40. The number of nitrogens with one attached hydrogen (secondary N) is 1. The molecule has 2 aromatic rings. The van der Waals surface area contributed by atoms with Crippen molar-refractivity contribution in [3.8, 4) is 0 Å². The highest BCUT2D eigenvalue weighted by Gasteiger charge is 2.11. The molecule has 1 aromatic carbocycles. The lowest BCUT2D eigenvalue weighted by Crippen LogP contribution is -2.04. The molecule has 16 heavy (non-hydrogen) atoms. The van der Waals surface area contributed by atoms with Crippen LogP contribution in [0.3, 0.4) is 0 Å². The number of carbonyl (C=O) groups excluding carboxylic acids is 1. The topological polar surface area (TPSA) is 42.1 Å². The average molecular weight is 333 g/mol. The maximum atomic E-state index is 13.3. The minimum Gasteiger partial charge on any atom is -0.461 e. The molecule has 2 rings (SSSR count). The quantitative estimate of drug-likeness (QED) is 0.678. The van der Waals surface area contributed by atoms with Gasteiger partial charge in [-0.3, -0.25) is 0 Å². The van der Waals surface area contributed by atoms with Crippen molar-refractivity contribution in [2.24, 2.45) is 0 Å². The van der Waals surface area contributed by atoms with E-state index in [1.54, 1.807) is 19.1 Å². The lowest BCUT2D eigenvalue weighted by Gasteiger charge is -1.96. The third-order valence-corrected chi connectivity index (χ3v) is 2.98. The number of rotatable bonds is 2. The van der Waals surface area contributed by atoms with Crippen LogP contribution in [0.4, 0.5) is 4.39 Å². The van der Waals surface area contributed by atoms with Crippen LogP contribution in [0.5, 0.6) is 0 Å². The Morgan fingerprint density at radius 2 is 2.25 bits per heavy atom. The first-order chi connectivity index (χ1) is 7.61. The van der Waals surface area contributed by atoms with Crippen molar-refractivity contribution < 1.29 is 13.9 Å². The maximum absolute atomic E-state index is 13.3. The molecule has 1 aromatic heterocycles. The molecule has 0 saturated carbocycles. The number of aromatic nitrogens is 1. The van der Waals surface area contributed by atoms with Crippen molar-refractivity contribution >= 4 is 39.5 Å². The summed E-state index contributed by atoms with van der Waals surface area (Å²) in [7, 11) is 0. The Morgan fingerprint density at radius 1 is 1.50 bits per heavy atom. The zero-order valence-corrected chi connectivity index (χ0v) is 10.7. The van der Waals surface area contributed by atoms with E-state index in [1.807, 2.05) is 22.6 Å². The Morgan fingerprint density at radius 3 is 2.94 bits per heavy atom. The molecule has 84 valence electrons. The summed E-state index contributed by atoms with van der Waals surface area (Å²) in [6, 6.07) is 4.65. The van der Waals surface area contributed by atoms with Gasteiger partial charge in [-0.05, 0) is 47.7 Å². The molecule has 0 saturated heterocycles. The minimum atomic E-state index is -0.422. The van der Waals surface area contributed by atoms with Gasteiger partial charge in [0.25, 0.3) is 0 Å². The molecule has 5 heteroatoms. The van der Waals surface area contributed by atoms with E-state index in [9.17, 15) is 9.18 Å². The molecule has 0 bridgehead atoms. The van der Waals surface area contributed by atoms with Gasteiger partial charge in [0.05, 0.1) is 10.2 Å². The lowest BCUT2D eigenvalue weighted by molar-refractivity contribution is 0.0520. The summed E-state index contributed by atoms with van der Waals surface area (Å²) in [5.41, 5.74) is 1.08. The van der Waals surface area contributed by atoms with Gasteiger partial charge >= 0.3 is 5.97 Å². The number of carbonyl (C=O) groups is 1. The van der Waals surface area contributed by atoms with Gasteiger partial charge in [-0.2, -0.15) is 0 Å². The van der Waals surface area contributed by atoms with Gasteiger partial charge in [0.15, 0.2) is 0 Å². The number of H-pyrrole nitrogens is 1. The first kappa shape index (κ1) is 11.4. The van der Waals surface area contributed by atoms with Gasteiger partial charge in [-0.25, -0.2) is 9.18 Å². The summed E-state index contributed by atoms with van der Waals surface area (Å²) in [5.74, 6) is -0.711. The zero-order chi connectivity index (χ0) is 11.7. The van der Waals surface area contributed by atoms with Crippen LogP contribution in [0.2, 0.25) is 0 Å². The van der Waals surface area contributed by atoms with Gasteiger partial charge < -0.3 is 9.72 Å². The molecule has 0 fully saturated rings. The molecule has 0 aliphatic carbocycles. The third kappa shape index (κ3) is 2.04. The SMILES string of the molecule is CCOC(=O)c1cc2cc(F)c(I)cc2[nH]1. The van der Waals surface area contributed by atoms with Crippen molar-refractivity contribution in [3.05, 3.63) is 33.3 Å². The van der Waals surface area contributed by atoms with Crippen molar-refractivity contribution in [3.63, 3.8) is 0 Å². The Kier molecular flexibility index (Phi) is 3.13. The number of ether oxygens (including phenoxy) is 1. The fourth-order valence-corrected chi connectivity index (χ4v) is 1.91. The van der Waals surface area contributed by atoms with Crippen molar-refractivity contribution in [1.82, 2.24) is 4.98 Å². The number of aromatic amines is 1. The monoisotopic (exact) mass is 333 g/mol. The van der Waals surface area contributed by atoms with E-state index in [0.717, 1.165) is 5.52 Å². The first-order valence-electron chi connectivity index (χ1n) is 4.76. The standard InChI is InChI=1S/C11H9FINO2/c1-2-16-11(15)10-4-6-3-7(12)8(13)5-9(6)14-10/h3-5,14H,2H2,1H3. The normalized spacial score (nSPS) is 10.7. The molecule has 3 nitrogen and oxygen atoms in total. The number of hydrogen-bond acceptors (Lipinski definition) is 2. The molecule has 0 aliphatic heterocycles. The van der Waals surface area contributed by atoms with E-state index in [2.05, 4.69) is 4.98 Å². The highest BCUT2D eigenvalue weighted by molar-refractivity contribution is 14.1. The number of hydrogen-bond donors (Lipinski definition) is 1. The van der Waals surface area contributed by atoms with Crippen molar-refractivity contribution in [2.75, 3.05) is 6.61 Å². The zero-order valence-electron chi connectivity index (χ0n) is 8.51. The van der Waals surface area contributed by atoms with Crippen LogP contribution in [0.1, 0.15) is 17.4 Å². The molecule has 0 spiro atoms. The Balaban J connectivity index is 2.48. The molecule has 0 atom stereocenters. The fourth-order valence-electron chi connectivity index (χ4n) is 1.45. The molecule has 0 radical (unpaired) electrons. The maximum Gasteiger partial charge on any atom is 0.354 e. The molecule has 0 amide bonds. The third-order valence-electron chi connectivity index (χ3n) is 2.16. The largest absolute Gasteiger partial charge is 0.461 e. The second-order valence-corrected chi connectivity index (χ2v) is 4.42. The van der Waals surface area contributed by atoms with E-state index >= 15 is 0 Å². The van der Waals surface area contributed by atoms with Gasteiger partial charge in [0, 0.05) is 10.9 Å².